The van der Waals surface area contributed by atoms with E-state index in [9.17, 15) is 13.2 Å². The Balaban J connectivity index is 2.67. The molecule has 0 aromatic rings. The van der Waals surface area contributed by atoms with Crippen molar-refractivity contribution in [2.45, 2.75) is 39.4 Å². The molecule has 0 aromatic carbocycles. The van der Waals surface area contributed by atoms with Crippen molar-refractivity contribution in [2.24, 2.45) is 26.4 Å². The SMILES string of the molecule is CCN=C(/C=C(\C)NC/C=C(/N)N=C(N)C1CC=CC(C)=N1)C(F)(F)F. The molecule has 0 fully saturated rings. The molecular weight excluding hydrogens is 345 g/mol. The van der Waals surface area contributed by atoms with Crippen molar-refractivity contribution >= 4 is 17.3 Å². The Morgan fingerprint density at radius 1 is 1.42 bits per heavy atom. The van der Waals surface area contributed by atoms with Gasteiger partial charge in [-0.3, -0.25) is 9.98 Å². The highest BCUT2D eigenvalue weighted by Crippen LogP contribution is 2.19. The van der Waals surface area contributed by atoms with E-state index in [1.165, 1.54) is 13.0 Å². The number of dihydropyridines is 1. The number of hydrogen-bond donors (Lipinski definition) is 3. The van der Waals surface area contributed by atoms with Crippen molar-refractivity contribution in [3.05, 3.63) is 35.8 Å². The highest BCUT2D eigenvalue weighted by molar-refractivity contribution is 6.00. The Labute approximate surface area is 151 Å². The first-order chi connectivity index (χ1) is 12.1. The molecule has 6 nitrogen and oxygen atoms in total. The van der Waals surface area contributed by atoms with Gasteiger partial charge < -0.3 is 16.8 Å². The van der Waals surface area contributed by atoms with Crippen molar-refractivity contribution in [3.63, 3.8) is 0 Å². The van der Waals surface area contributed by atoms with Gasteiger partial charge in [-0.15, -0.1) is 0 Å². The lowest BCUT2D eigenvalue weighted by Gasteiger charge is -2.14. The minimum atomic E-state index is -4.49. The normalized spacial score (nSPS) is 20.2. The minimum Gasteiger partial charge on any atom is -0.385 e. The molecule has 9 heteroatoms. The number of rotatable bonds is 7. The van der Waals surface area contributed by atoms with E-state index >= 15 is 0 Å². The molecule has 1 heterocycles. The quantitative estimate of drug-likeness (QED) is 0.474. The van der Waals surface area contributed by atoms with Crippen molar-refractivity contribution in [2.75, 3.05) is 13.1 Å². The lowest BCUT2D eigenvalue weighted by Crippen LogP contribution is -2.29. The van der Waals surface area contributed by atoms with E-state index in [-0.39, 0.29) is 25.0 Å². The summed E-state index contributed by atoms with van der Waals surface area (Å²) >= 11 is 0. The summed E-state index contributed by atoms with van der Waals surface area (Å²) in [6.07, 6.45) is 2.51. The van der Waals surface area contributed by atoms with Crippen LogP contribution in [0.15, 0.2) is 50.8 Å². The van der Waals surface area contributed by atoms with Crippen molar-refractivity contribution in [3.8, 4) is 0 Å². The standard InChI is InChI=1S/C17H25F3N6/c1-4-23-14(17(18,19)20)10-12(3)24-9-8-15(21)26-16(22)13-7-5-6-11(2)25-13/h5-6,8,10,13,24H,4,7,9,21H2,1-3H3,(H2,22,26)/b12-10+,15-8-,23-14?. The van der Waals surface area contributed by atoms with Crippen molar-refractivity contribution < 1.29 is 13.2 Å². The second kappa shape index (κ2) is 9.79. The Kier molecular flexibility index (Phi) is 8.08. The first-order valence-electron chi connectivity index (χ1n) is 8.18. The van der Waals surface area contributed by atoms with Gasteiger partial charge in [-0.05, 0) is 45.4 Å². The molecule has 1 atom stereocenters. The van der Waals surface area contributed by atoms with Crippen LogP contribution >= 0.6 is 0 Å². The van der Waals surface area contributed by atoms with Crippen LogP contribution in [0.1, 0.15) is 27.2 Å². The molecule has 144 valence electrons. The van der Waals surface area contributed by atoms with Crippen molar-refractivity contribution in [1.82, 2.24) is 5.32 Å². The van der Waals surface area contributed by atoms with E-state index in [0.29, 0.717) is 18.0 Å². The predicted octanol–water partition coefficient (Wildman–Crippen LogP) is 2.45. The Morgan fingerprint density at radius 3 is 2.69 bits per heavy atom. The molecule has 0 radical (unpaired) electrons. The highest BCUT2D eigenvalue weighted by Gasteiger charge is 2.33. The second-order valence-electron chi connectivity index (χ2n) is 5.66. The fraction of sp³-hybridized carbons (Fsp3) is 0.471. The summed E-state index contributed by atoms with van der Waals surface area (Å²) in [5, 5.41) is 2.81. The smallest absolute Gasteiger partial charge is 0.385 e. The number of amidine groups is 1. The van der Waals surface area contributed by atoms with Gasteiger partial charge in [0.2, 0.25) is 0 Å². The third kappa shape index (κ3) is 7.54. The van der Waals surface area contributed by atoms with E-state index in [1.54, 1.807) is 6.92 Å². The zero-order valence-corrected chi connectivity index (χ0v) is 15.1. The van der Waals surface area contributed by atoms with Crippen LogP contribution in [-0.4, -0.2) is 42.6 Å². The Hall–Kier alpha value is -2.58. The number of nitrogens with two attached hydrogens (primary N) is 2. The first-order valence-corrected chi connectivity index (χ1v) is 8.18. The van der Waals surface area contributed by atoms with Gasteiger partial charge in [0.15, 0.2) is 0 Å². The molecule has 26 heavy (non-hydrogen) atoms. The second-order valence-corrected chi connectivity index (χ2v) is 5.66. The third-order valence-electron chi connectivity index (χ3n) is 3.34. The van der Waals surface area contributed by atoms with E-state index < -0.39 is 11.9 Å². The van der Waals surface area contributed by atoms with Crippen LogP contribution in [0, 0.1) is 0 Å². The lowest BCUT2D eigenvalue weighted by molar-refractivity contribution is -0.0579. The van der Waals surface area contributed by atoms with Gasteiger partial charge in [-0.1, -0.05) is 6.08 Å². The van der Waals surface area contributed by atoms with Crippen LogP contribution in [0.2, 0.25) is 0 Å². The molecule has 0 aliphatic carbocycles. The molecule has 0 bridgehead atoms. The zero-order valence-electron chi connectivity index (χ0n) is 15.1. The van der Waals surface area contributed by atoms with Crippen LogP contribution in [0.25, 0.3) is 0 Å². The number of hydrogen-bond acceptors (Lipinski definition) is 5. The summed E-state index contributed by atoms with van der Waals surface area (Å²) in [6.45, 7) is 5.18. The number of alkyl halides is 3. The third-order valence-corrected chi connectivity index (χ3v) is 3.34. The summed E-state index contributed by atoms with van der Waals surface area (Å²) in [4.78, 5) is 11.9. The summed E-state index contributed by atoms with van der Waals surface area (Å²) in [7, 11) is 0. The summed E-state index contributed by atoms with van der Waals surface area (Å²) in [5.41, 5.74) is 11.9. The first kappa shape index (κ1) is 21.5. The fourth-order valence-electron chi connectivity index (χ4n) is 2.13. The number of nitrogens with zero attached hydrogens (tertiary/aromatic N) is 3. The van der Waals surface area contributed by atoms with Crippen LogP contribution in [0.3, 0.4) is 0 Å². The van der Waals surface area contributed by atoms with Gasteiger partial charge in [0.25, 0.3) is 0 Å². The Bertz CT molecular complexity index is 668. The zero-order chi connectivity index (χ0) is 19.7. The molecular formula is C17H25F3N6. The number of allylic oxidation sites excluding steroid dienone is 3. The monoisotopic (exact) mass is 370 g/mol. The van der Waals surface area contributed by atoms with Gasteiger partial charge in [0, 0.05) is 24.5 Å². The molecule has 1 aliphatic heterocycles. The van der Waals surface area contributed by atoms with E-state index in [0.717, 1.165) is 11.8 Å². The average Bonchev–Trinajstić information content (AvgIpc) is 2.53. The van der Waals surface area contributed by atoms with Crippen LogP contribution in [-0.2, 0) is 0 Å². The average molecular weight is 370 g/mol. The van der Waals surface area contributed by atoms with Gasteiger partial charge in [0.05, 0.1) is 0 Å². The van der Waals surface area contributed by atoms with Crippen LogP contribution in [0.5, 0.6) is 0 Å². The van der Waals surface area contributed by atoms with Crippen LogP contribution in [0.4, 0.5) is 13.2 Å². The molecule has 0 saturated carbocycles. The lowest BCUT2D eigenvalue weighted by atomic mass is 10.1. The summed E-state index contributed by atoms with van der Waals surface area (Å²) in [5.74, 6) is 0.465. The predicted molar refractivity (Wildman–Crippen MR) is 100 cm³/mol. The van der Waals surface area contributed by atoms with E-state index in [4.69, 9.17) is 11.5 Å². The number of aliphatic imine (C=N–C) groups is 3. The fourth-order valence-corrected chi connectivity index (χ4v) is 2.13. The number of nitrogens with one attached hydrogen (secondary N) is 1. The summed E-state index contributed by atoms with van der Waals surface area (Å²) < 4.78 is 38.4. The maximum atomic E-state index is 12.8. The Morgan fingerprint density at radius 2 is 2.12 bits per heavy atom. The maximum Gasteiger partial charge on any atom is 0.432 e. The van der Waals surface area contributed by atoms with Gasteiger partial charge in [0.1, 0.15) is 23.4 Å². The molecule has 1 unspecified atom stereocenters. The van der Waals surface area contributed by atoms with Gasteiger partial charge >= 0.3 is 6.18 Å². The molecule has 1 aliphatic rings. The summed E-state index contributed by atoms with van der Waals surface area (Å²) in [6, 6.07) is -0.249. The molecule has 0 amide bonds. The van der Waals surface area contributed by atoms with Gasteiger partial charge in [-0.25, -0.2) is 4.99 Å². The molecule has 0 saturated heterocycles. The van der Waals surface area contributed by atoms with Gasteiger partial charge in [-0.2, -0.15) is 13.2 Å². The van der Waals surface area contributed by atoms with Crippen molar-refractivity contribution in [1.29, 1.82) is 0 Å². The molecule has 0 aromatic heterocycles. The van der Waals surface area contributed by atoms with Crippen LogP contribution < -0.4 is 16.8 Å². The molecule has 5 N–H and O–H groups in total. The maximum absolute atomic E-state index is 12.8. The van der Waals surface area contributed by atoms with E-state index in [2.05, 4.69) is 20.3 Å². The topological polar surface area (TPSA) is 101 Å². The highest BCUT2D eigenvalue weighted by atomic mass is 19.4. The molecule has 1 rings (SSSR count). The largest absolute Gasteiger partial charge is 0.432 e. The number of halogens is 3. The van der Waals surface area contributed by atoms with E-state index in [1.807, 2.05) is 19.1 Å². The molecule has 0 spiro atoms. The minimum absolute atomic E-state index is 0.0534.